The third-order valence-electron chi connectivity index (χ3n) is 4.70. The summed E-state index contributed by atoms with van der Waals surface area (Å²) in [6, 6.07) is 13.1. The smallest absolute Gasteiger partial charge is 0.244 e. The van der Waals surface area contributed by atoms with Gasteiger partial charge < -0.3 is 26.8 Å². The van der Waals surface area contributed by atoms with Crippen molar-refractivity contribution < 1.29 is 19.5 Å². The van der Waals surface area contributed by atoms with Crippen LogP contribution in [-0.4, -0.2) is 35.0 Å². The number of amides is 3. The average Bonchev–Trinajstić information content (AvgIpc) is 2.74. The van der Waals surface area contributed by atoms with Crippen LogP contribution in [0.2, 0.25) is 0 Å². The fourth-order valence-electron chi connectivity index (χ4n) is 2.89. The highest BCUT2D eigenvalue weighted by molar-refractivity contribution is 9.10. The van der Waals surface area contributed by atoms with E-state index < -0.39 is 18.1 Å². The summed E-state index contributed by atoms with van der Waals surface area (Å²) in [6.45, 7) is 1.43. The Morgan fingerprint density at radius 2 is 1.50 bits per heavy atom. The van der Waals surface area contributed by atoms with Gasteiger partial charge in [-0.1, -0.05) is 40.5 Å². The van der Waals surface area contributed by atoms with Gasteiger partial charge in [-0.25, -0.2) is 0 Å². The Morgan fingerprint density at radius 1 is 0.906 bits per heavy atom. The van der Waals surface area contributed by atoms with Crippen LogP contribution in [0.15, 0.2) is 53.0 Å². The van der Waals surface area contributed by atoms with Gasteiger partial charge in [-0.15, -0.1) is 0 Å². The number of para-hydroxylation sites is 2. The predicted molar refractivity (Wildman–Crippen MR) is 129 cm³/mol. The van der Waals surface area contributed by atoms with Gasteiger partial charge in [0.1, 0.15) is 6.04 Å². The van der Waals surface area contributed by atoms with E-state index in [9.17, 15) is 19.5 Å². The number of carbonyl (C=O) groups excluding carboxylic acids is 3. The van der Waals surface area contributed by atoms with Gasteiger partial charge in [-0.2, -0.15) is 0 Å². The first-order valence-electron chi connectivity index (χ1n) is 10.4. The molecule has 0 saturated heterocycles. The van der Waals surface area contributed by atoms with Crippen LogP contribution >= 0.6 is 15.9 Å². The van der Waals surface area contributed by atoms with Crippen LogP contribution in [0.25, 0.3) is 0 Å². The molecule has 172 valence electrons. The van der Waals surface area contributed by atoms with E-state index in [1.165, 1.54) is 6.92 Å². The lowest BCUT2D eigenvalue weighted by Crippen LogP contribution is -2.43. The second-order valence-electron chi connectivity index (χ2n) is 7.47. The number of aliphatic hydroxyl groups is 1. The molecule has 0 unspecified atom stereocenters. The Morgan fingerprint density at radius 3 is 2.09 bits per heavy atom. The topological polar surface area (TPSA) is 134 Å². The zero-order valence-corrected chi connectivity index (χ0v) is 19.5. The maximum Gasteiger partial charge on any atom is 0.244 e. The SMILES string of the molecule is C[C@@H](O)[C@H](N)C(=O)Nc1ccccc1NC(=O)CCCCCC(=O)Nc1cccc(Br)c1. The van der Waals surface area contributed by atoms with E-state index in [-0.39, 0.29) is 11.8 Å². The minimum atomic E-state index is -1.07. The lowest BCUT2D eigenvalue weighted by Gasteiger charge is -2.17. The van der Waals surface area contributed by atoms with Crippen molar-refractivity contribution in [2.75, 3.05) is 16.0 Å². The molecule has 9 heteroatoms. The molecule has 0 aliphatic heterocycles. The van der Waals surface area contributed by atoms with Crippen molar-refractivity contribution >= 4 is 50.7 Å². The Kier molecular flexibility index (Phi) is 10.3. The number of anilines is 3. The summed E-state index contributed by atoms with van der Waals surface area (Å²) in [5.41, 5.74) is 7.25. The van der Waals surface area contributed by atoms with Crippen molar-refractivity contribution in [3.05, 3.63) is 53.0 Å². The zero-order chi connectivity index (χ0) is 23.5. The van der Waals surface area contributed by atoms with Gasteiger partial charge in [0.15, 0.2) is 0 Å². The predicted octanol–water partition coefficient (Wildman–Crippen LogP) is 3.62. The number of aliphatic hydroxyl groups excluding tert-OH is 1. The fourth-order valence-corrected chi connectivity index (χ4v) is 3.29. The number of halogens is 1. The molecule has 0 aliphatic carbocycles. The van der Waals surface area contributed by atoms with E-state index in [1.807, 2.05) is 24.3 Å². The number of rotatable bonds is 11. The largest absolute Gasteiger partial charge is 0.391 e. The summed E-state index contributed by atoms with van der Waals surface area (Å²) in [4.78, 5) is 36.4. The third-order valence-corrected chi connectivity index (χ3v) is 5.19. The summed E-state index contributed by atoms with van der Waals surface area (Å²) in [5.74, 6) is -0.791. The highest BCUT2D eigenvalue weighted by atomic mass is 79.9. The van der Waals surface area contributed by atoms with Crippen molar-refractivity contribution in [1.29, 1.82) is 0 Å². The van der Waals surface area contributed by atoms with Gasteiger partial charge in [0.05, 0.1) is 17.5 Å². The fraction of sp³-hybridized carbons (Fsp3) is 0.348. The molecule has 2 aromatic rings. The summed E-state index contributed by atoms with van der Waals surface area (Å²) in [6.07, 6.45) is 1.73. The standard InChI is InChI=1S/C23H29BrN4O4/c1-15(29)22(25)23(32)28-19-11-6-5-10-18(19)27-21(31)13-4-2-3-12-20(30)26-17-9-7-8-16(24)14-17/h5-11,14-15,22,29H,2-4,12-13,25H2,1H3,(H,26,30)(H,27,31)(H,28,32)/t15-,22+/m1/s1. The minimum absolute atomic E-state index is 0.0624. The van der Waals surface area contributed by atoms with Crippen molar-refractivity contribution in [3.8, 4) is 0 Å². The van der Waals surface area contributed by atoms with Crippen molar-refractivity contribution in [1.82, 2.24) is 0 Å². The van der Waals surface area contributed by atoms with Crippen LogP contribution in [0.3, 0.4) is 0 Å². The van der Waals surface area contributed by atoms with Gasteiger partial charge in [-0.05, 0) is 50.1 Å². The Balaban J connectivity index is 1.72. The molecule has 0 saturated carbocycles. The lowest BCUT2D eigenvalue weighted by molar-refractivity contribution is -0.119. The molecule has 2 atom stereocenters. The molecule has 3 amide bonds. The molecular weight excluding hydrogens is 476 g/mol. The van der Waals surface area contributed by atoms with Crippen LogP contribution in [0.4, 0.5) is 17.1 Å². The van der Waals surface area contributed by atoms with Crippen LogP contribution < -0.4 is 21.7 Å². The first kappa shape index (κ1) is 25.5. The molecule has 0 heterocycles. The number of benzene rings is 2. The van der Waals surface area contributed by atoms with Crippen molar-refractivity contribution in [3.63, 3.8) is 0 Å². The molecule has 8 nitrogen and oxygen atoms in total. The lowest BCUT2D eigenvalue weighted by atomic mass is 10.1. The van der Waals surface area contributed by atoms with Crippen molar-refractivity contribution in [2.24, 2.45) is 5.73 Å². The number of hydrogen-bond donors (Lipinski definition) is 5. The van der Waals surface area contributed by atoms with Gasteiger partial charge in [-0.3, -0.25) is 14.4 Å². The number of unbranched alkanes of at least 4 members (excludes halogenated alkanes) is 2. The molecule has 0 fully saturated rings. The molecule has 0 spiro atoms. The van der Waals surface area contributed by atoms with Crippen LogP contribution in [0.5, 0.6) is 0 Å². The van der Waals surface area contributed by atoms with E-state index in [2.05, 4.69) is 31.9 Å². The highest BCUT2D eigenvalue weighted by Crippen LogP contribution is 2.22. The summed E-state index contributed by atoms with van der Waals surface area (Å²) in [5, 5.41) is 17.7. The summed E-state index contributed by atoms with van der Waals surface area (Å²) < 4.78 is 0.897. The first-order chi connectivity index (χ1) is 15.3. The average molecular weight is 505 g/mol. The van der Waals surface area contributed by atoms with Crippen LogP contribution in [0, 0.1) is 0 Å². The number of nitrogens with one attached hydrogen (secondary N) is 3. The van der Waals surface area contributed by atoms with Gasteiger partial charge in [0, 0.05) is 23.0 Å². The molecule has 32 heavy (non-hydrogen) atoms. The summed E-state index contributed by atoms with van der Waals surface area (Å²) in [7, 11) is 0. The second-order valence-corrected chi connectivity index (χ2v) is 8.38. The number of nitrogens with two attached hydrogens (primary N) is 1. The van der Waals surface area contributed by atoms with Gasteiger partial charge in [0.25, 0.3) is 0 Å². The van der Waals surface area contributed by atoms with Crippen LogP contribution in [-0.2, 0) is 14.4 Å². The maximum atomic E-state index is 12.3. The third kappa shape index (κ3) is 8.78. The van der Waals surface area contributed by atoms with Gasteiger partial charge >= 0.3 is 0 Å². The Bertz CT molecular complexity index is 936. The summed E-state index contributed by atoms with van der Waals surface area (Å²) >= 11 is 3.36. The number of carbonyl (C=O) groups is 3. The zero-order valence-electron chi connectivity index (χ0n) is 17.9. The van der Waals surface area contributed by atoms with E-state index >= 15 is 0 Å². The molecule has 0 radical (unpaired) electrons. The second kappa shape index (κ2) is 12.9. The molecule has 0 bridgehead atoms. The maximum absolute atomic E-state index is 12.3. The Labute approximate surface area is 196 Å². The molecule has 6 N–H and O–H groups in total. The quantitative estimate of drug-likeness (QED) is 0.298. The molecular formula is C23H29BrN4O4. The highest BCUT2D eigenvalue weighted by Gasteiger charge is 2.20. The first-order valence-corrected chi connectivity index (χ1v) is 11.2. The van der Waals surface area contributed by atoms with Crippen molar-refractivity contribution in [2.45, 2.75) is 51.2 Å². The van der Waals surface area contributed by atoms with E-state index in [4.69, 9.17) is 5.73 Å². The molecule has 2 aromatic carbocycles. The molecule has 2 rings (SSSR count). The van der Waals surface area contributed by atoms with E-state index in [0.717, 1.165) is 16.6 Å². The number of hydrogen-bond acceptors (Lipinski definition) is 5. The van der Waals surface area contributed by atoms with E-state index in [1.54, 1.807) is 24.3 Å². The monoisotopic (exact) mass is 504 g/mol. The minimum Gasteiger partial charge on any atom is -0.391 e. The Hall–Kier alpha value is -2.75. The van der Waals surface area contributed by atoms with Crippen LogP contribution in [0.1, 0.15) is 39.0 Å². The normalized spacial score (nSPS) is 12.5. The molecule has 0 aromatic heterocycles. The van der Waals surface area contributed by atoms with E-state index in [0.29, 0.717) is 37.1 Å². The molecule has 0 aliphatic rings. The van der Waals surface area contributed by atoms with Gasteiger partial charge in [0.2, 0.25) is 17.7 Å².